The Hall–Kier alpha value is -2.35. The summed E-state index contributed by atoms with van der Waals surface area (Å²) in [5.41, 5.74) is -0.179. The average Bonchev–Trinajstić information content (AvgIpc) is 2.42. The highest BCUT2D eigenvalue weighted by molar-refractivity contribution is 5.90. The molecule has 2 N–H and O–H groups in total. The van der Waals surface area contributed by atoms with E-state index in [1.54, 1.807) is 13.8 Å². The molecule has 0 saturated heterocycles. The second-order valence-electron chi connectivity index (χ2n) is 5.43. The van der Waals surface area contributed by atoms with Gasteiger partial charge in [-0.25, -0.2) is 4.79 Å². The van der Waals surface area contributed by atoms with E-state index in [0.29, 0.717) is 24.1 Å². The summed E-state index contributed by atoms with van der Waals surface area (Å²) in [7, 11) is 0. The minimum Gasteiger partial charge on any atom is -0.487 e. The third-order valence-electron chi connectivity index (χ3n) is 3.34. The lowest BCUT2D eigenvalue weighted by molar-refractivity contribution is -0.385. The number of hydrogen-bond donors (Lipinski definition) is 2. The van der Waals surface area contributed by atoms with Crippen molar-refractivity contribution in [1.29, 1.82) is 0 Å². The normalized spacial score (nSPS) is 15.5. The fourth-order valence-corrected chi connectivity index (χ4v) is 2.25. The second kappa shape index (κ2) is 6.18. The maximum atomic E-state index is 11.5. The summed E-state index contributed by atoms with van der Waals surface area (Å²) in [5.74, 6) is 0.120. The zero-order chi connectivity index (χ0) is 16.3. The van der Waals surface area contributed by atoms with Gasteiger partial charge in [0.15, 0.2) is 5.75 Å². The fourth-order valence-electron chi connectivity index (χ4n) is 2.25. The Morgan fingerprint density at radius 1 is 1.41 bits per heavy atom. The Balaban J connectivity index is 2.36. The van der Waals surface area contributed by atoms with Crippen LogP contribution >= 0.6 is 0 Å². The van der Waals surface area contributed by atoms with Crippen molar-refractivity contribution in [2.24, 2.45) is 0 Å². The molecule has 8 heteroatoms. The second-order valence-corrected chi connectivity index (χ2v) is 5.43. The molecule has 2 rings (SSSR count). The van der Waals surface area contributed by atoms with E-state index < -0.39 is 16.6 Å². The van der Waals surface area contributed by atoms with Gasteiger partial charge in [-0.2, -0.15) is 0 Å². The maximum absolute atomic E-state index is 11.5. The van der Waals surface area contributed by atoms with Crippen molar-refractivity contribution >= 4 is 17.5 Å². The molecule has 0 aliphatic carbocycles. The van der Waals surface area contributed by atoms with Gasteiger partial charge in [0.2, 0.25) is 0 Å². The number of cyclic esters (lactones) is 1. The summed E-state index contributed by atoms with van der Waals surface area (Å²) < 4.78 is 10.7. The van der Waals surface area contributed by atoms with Gasteiger partial charge in [-0.15, -0.1) is 0 Å². The molecule has 0 saturated carbocycles. The first-order valence-corrected chi connectivity index (χ1v) is 6.91. The smallest absolute Gasteiger partial charge is 0.412 e. The van der Waals surface area contributed by atoms with Crippen LogP contribution in [0.15, 0.2) is 12.1 Å². The van der Waals surface area contributed by atoms with Gasteiger partial charge in [-0.1, -0.05) is 0 Å². The SMILES string of the molecule is CC1(C)OC(=O)Nc2cc([N+](=O)[O-])c(OCCCCO)cc21. The number of benzene rings is 1. The van der Waals surface area contributed by atoms with Crippen LogP contribution in [0, 0.1) is 10.1 Å². The van der Waals surface area contributed by atoms with Gasteiger partial charge in [-0.05, 0) is 32.8 Å². The van der Waals surface area contributed by atoms with Gasteiger partial charge in [0.1, 0.15) is 5.60 Å². The Kier molecular flexibility index (Phi) is 4.51. The van der Waals surface area contributed by atoms with Gasteiger partial charge in [-0.3, -0.25) is 15.4 Å². The highest BCUT2D eigenvalue weighted by atomic mass is 16.6. The third-order valence-corrected chi connectivity index (χ3v) is 3.34. The number of carbonyl (C=O) groups is 1. The van der Waals surface area contributed by atoms with Crippen LogP contribution < -0.4 is 10.1 Å². The molecule has 1 heterocycles. The summed E-state index contributed by atoms with van der Waals surface area (Å²) in [6.45, 7) is 3.70. The molecule has 0 bridgehead atoms. The van der Waals surface area contributed by atoms with Crippen molar-refractivity contribution in [3.05, 3.63) is 27.8 Å². The van der Waals surface area contributed by atoms with Crippen LogP contribution in [-0.2, 0) is 10.3 Å². The zero-order valence-corrected chi connectivity index (χ0v) is 12.4. The molecule has 120 valence electrons. The van der Waals surface area contributed by atoms with Crippen LogP contribution in [0.4, 0.5) is 16.2 Å². The number of nitro groups is 1. The zero-order valence-electron chi connectivity index (χ0n) is 12.4. The number of nitrogens with one attached hydrogen (secondary N) is 1. The Morgan fingerprint density at radius 3 is 2.77 bits per heavy atom. The molecule has 1 aromatic carbocycles. The lowest BCUT2D eigenvalue weighted by Gasteiger charge is -2.32. The van der Waals surface area contributed by atoms with Gasteiger partial charge < -0.3 is 14.6 Å². The summed E-state index contributed by atoms with van der Waals surface area (Å²) in [6, 6.07) is 2.80. The van der Waals surface area contributed by atoms with Crippen LogP contribution in [0.5, 0.6) is 5.75 Å². The quantitative estimate of drug-likeness (QED) is 0.474. The van der Waals surface area contributed by atoms with Gasteiger partial charge in [0.05, 0.1) is 17.2 Å². The number of ether oxygens (including phenoxy) is 2. The minimum absolute atomic E-state index is 0.0442. The molecule has 1 aliphatic rings. The number of carbonyl (C=O) groups excluding carboxylic acids is 1. The predicted octanol–water partition coefficient (Wildman–Crippen LogP) is 2.54. The number of aliphatic hydroxyl groups excluding tert-OH is 1. The molecule has 0 unspecified atom stereocenters. The number of fused-ring (bicyclic) bond motifs is 1. The minimum atomic E-state index is -0.907. The van der Waals surface area contributed by atoms with Crippen LogP contribution in [-0.4, -0.2) is 29.3 Å². The Labute approximate surface area is 127 Å². The van der Waals surface area contributed by atoms with Crippen molar-refractivity contribution in [2.75, 3.05) is 18.5 Å². The summed E-state index contributed by atoms with van der Waals surface area (Å²) in [4.78, 5) is 22.1. The topological polar surface area (TPSA) is 111 Å². The molecule has 1 aliphatic heterocycles. The predicted molar refractivity (Wildman–Crippen MR) is 78.0 cm³/mol. The van der Waals surface area contributed by atoms with E-state index in [-0.39, 0.29) is 24.7 Å². The largest absolute Gasteiger partial charge is 0.487 e. The van der Waals surface area contributed by atoms with Crippen LogP contribution in [0.25, 0.3) is 0 Å². The van der Waals surface area contributed by atoms with Gasteiger partial charge in [0.25, 0.3) is 0 Å². The van der Waals surface area contributed by atoms with Crippen molar-refractivity contribution < 1.29 is 24.3 Å². The van der Waals surface area contributed by atoms with Crippen molar-refractivity contribution in [3.8, 4) is 5.75 Å². The van der Waals surface area contributed by atoms with Crippen LogP contribution in [0.1, 0.15) is 32.3 Å². The molecule has 1 aromatic rings. The highest BCUT2D eigenvalue weighted by Gasteiger charge is 2.36. The van der Waals surface area contributed by atoms with E-state index in [0.717, 1.165) is 0 Å². The number of hydrogen-bond acceptors (Lipinski definition) is 6. The number of nitrogens with zero attached hydrogens (tertiary/aromatic N) is 1. The van der Waals surface area contributed by atoms with E-state index in [4.69, 9.17) is 14.6 Å². The monoisotopic (exact) mass is 310 g/mol. The number of rotatable bonds is 6. The van der Waals surface area contributed by atoms with Crippen molar-refractivity contribution in [3.63, 3.8) is 0 Å². The van der Waals surface area contributed by atoms with Crippen molar-refractivity contribution in [2.45, 2.75) is 32.3 Å². The lowest BCUT2D eigenvalue weighted by atomic mass is 9.94. The molecular formula is C14H18N2O6. The molecular weight excluding hydrogens is 292 g/mol. The number of nitro benzene ring substituents is 1. The molecule has 0 spiro atoms. The number of aliphatic hydroxyl groups is 1. The van der Waals surface area contributed by atoms with E-state index in [1.165, 1.54) is 12.1 Å². The standard InChI is InChI=1S/C14H18N2O6/c1-14(2)9-7-12(21-6-4-3-5-17)11(16(19)20)8-10(9)15-13(18)22-14/h7-8,17H,3-6H2,1-2H3,(H,15,18). The highest BCUT2D eigenvalue weighted by Crippen LogP contribution is 2.42. The van der Waals surface area contributed by atoms with E-state index in [1.807, 2.05) is 0 Å². The first-order valence-electron chi connectivity index (χ1n) is 6.91. The van der Waals surface area contributed by atoms with Gasteiger partial charge >= 0.3 is 11.8 Å². The van der Waals surface area contributed by atoms with Crippen molar-refractivity contribution in [1.82, 2.24) is 0 Å². The Morgan fingerprint density at radius 2 is 2.14 bits per heavy atom. The van der Waals surface area contributed by atoms with E-state index >= 15 is 0 Å². The van der Waals surface area contributed by atoms with Crippen LogP contribution in [0.3, 0.4) is 0 Å². The van der Waals surface area contributed by atoms with E-state index in [9.17, 15) is 14.9 Å². The first kappa shape index (κ1) is 16.0. The number of amides is 1. The molecule has 1 amide bonds. The summed E-state index contributed by atoms with van der Waals surface area (Å²) >= 11 is 0. The Bertz CT molecular complexity index is 599. The summed E-state index contributed by atoms with van der Waals surface area (Å²) in [5, 5.41) is 22.4. The molecule has 8 nitrogen and oxygen atoms in total. The number of anilines is 1. The number of unbranched alkanes of at least 4 members (excludes halogenated alkanes) is 1. The summed E-state index contributed by atoms with van der Waals surface area (Å²) in [6.07, 6.45) is 0.494. The molecule has 0 atom stereocenters. The van der Waals surface area contributed by atoms with E-state index in [2.05, 4.69) is 5.32 Å². The molecule has 0 fully saturated rings. The molecule has 22 heavy (non-hydrogen) atoms. The lowest BCUT2D eigenvalue weighted by Crippen LogP contribution is -2.34. The average molecular weight is 310 g/mol. The third kappa shape index (κ3) is 3.28. The first-order chi connectivity index (χ1) is 10.3. The maximum Gasteiger partial charge on any atom is 0.412 e. The van der Waals surface area contributed by atoms with Gasteiger partial charge in [0, 0.05) is 18.2 Å². The fraction of sp³-hybridized carbons (Fsp3) is 0.500. The molecule has 0 aromatic heterocycles. The molecule has 0 radical (unpaired) electrons. The van der Waals surface area contributed by atoms with Crippen LogP contribution in [0.2, 0.25) is 0 Å².